The summed E-state index contributed by atoms with van der Waals surface area (Å²) in [6, 6.07) is 23.8. The lowest BCUT2D eigenvalue weighted by Gasteiger charge is -2.36. The van der Waals surface area contributed by atoms with Crippen LogP contribution in [0.2, 0.25) is 0 Å². The van der Waals surface area contributed by atoms with Crippen LogP contribution in [-0.2, 0) is 5.60 Å². The van der Waals surface area contributed by atoms with E-state index in [1.165, 1.54) is 0 Å². The molecule has 2 aliphatic heterocycles. The van der Waals surface area contributed by atoms with E-state index in [0.717, 1.165) is 16.0 Å². The molecule has 0 fully saturated rings. The van der Waals surface area contributed by atoms with E-state index in [1.54, 1.807) is 72.8 Å². The quantitative estimate of drug-likeness (QED) is 0.303. The molecule has 0 aromatic heterocycles. The molecule has 2 aliphatic rings. The highest BCUT2D eigenvalue weighted by Crippen LogP contribution is 2.49. The Morgan fingerprint density at radius 2 is 1.42 bits per heavy atom. The van der Waals surface area contributed by atoms with Crippen molar-refractivity contribution in [3.8, 4) is 22.6 Å². The average molecular weight is 476 g/mol. The van der Waals surface area contributed by atoms with Crippen molar-refractivity contribution in [3.05, 3.63) is 113 Å². The zero-order valence-corrected chi connectivity index (χ0v) is 19.6. The number of amides is 2. The van der Waals surface area contributed by atoms with Gasteiger partial charge in [0, 0.05) is 28.3 Å². The van der Waals surface area contributed by atoms with Gasteiger partial charge in [-0.05, 0) is 61.9 Å². The Bertz CT molecular complexity index is 1590. The van der Waals surface area contributed by atoms with Gasteiger partial charge in [-0.15, -0.1) is 0 Å². The van der Waals surface area contributed by atoms with Crippen LogP contribution in [0.15, 0.2) is 84.9 Å². The lowest BCUT2D eigenvalue weighted by atomic mass is 9.81. The first-order valence-corrected chi connectivity index (χ1v) is 11.5. The van der Waals surface area contributed by atoms with E-state index >= 15 is 0 Å². The largest absolute Gasteiger partial charge is 0.508 e. The Hall–Kier alpha value is -4.71. The third-order valence-electron chi connectivity index (χ3n) is 6.70. The van der Waals surface area contributed by atoms with E-state index in [9.17, 15) is 19.5 Å². The molecule has 176 valence electrons. The van der Waals surface area contributed by atoms with Crippen molar-refractivity contribution in [3.63, 3.8) is 0 Å². The van der Waals surface area contributed by atoms with Gasteiger partial charge < -0.3 is 9.84 Å². The van der Waals surface area contributed by atoms with Gasteiger partial charge in [0.2, 0.25) is 0 Å². The number of fused-ring (bicyclic) bond motifs is 5. The molecule has 6 rings (SSSR count). The number of ether oxygens (including phenoxy) is 1. The summed E-state index contributed by atoms with van der Waals surface area (Å²) in [7, 11) is 0. The maximum absolute atomic E-state index is 13.7. The molecule has 0 bridgehead atoms. The van der Waals surface area contributed by atoms with Gasteiger partial charge in [0.05, 0.1) is 16.8 Å². The summed E-state index contributed by atoms with van der Waals surface area (Å²) >= 11 is 0. The van der Waals surface area contributed by atoms with Crippen LogP contribution in [0.1, 0.15) is 56.0 Å². The number of hydrogen-bond acceptors (Lipinski definition) is 5. The summed E-state index contributed by atoms with van der Waals surface area (Å²) in [5, 5.41) is 9.91. The lowest BCUT2D eigenvalue weighted by Crippen LogP contribution is -2.33. The number of anilines is 1. The summed E-state index contributed by atoms with van der Waals surface area (Å²) in [5.41, 5.74) is 3.28. The van der Waals surface area contributed by atoms with Crippen molar-refractivity contribution in [1.29, 1.82) is 0 Å². The van der Waals surface area contributed by atoms with Gasteiger partial charge >= 0.3 is 0 Å². The van der Waals surface area contributed by atoms with Crippen LogP contribution < -0.4 is 9.64 Å². The molecule has 4 aromatic carbocycles. The minimum absolute atomic E-state index is 0.0841. The number of hydrogen-bond donors (Lipinski definition) is 1. The zero-order valence-electron chi connectivity index (χ0n) is 19.6. The summed E-state index contributed by atoms with van der Waals surface area (Å²) < 4.78 is 6.18. The van der Waals surface area contributed by atoms with Crippen LogP contribution in [-0.4, -0.2) is 22.7 Å². The normalized spacial score (nSPS) is 15.1. The van der Waals surface area contributed by atoms with Gasteiger partial charge in [-0.2, -0.15) is 0 Å². The molecule has 2 amide bonds. The summed E-state index contributed by atoms with van der Waals surface area (Å²) in [4.78, 5) is 41.0. The van der Waals surface area contributed by atoms with Crippen molar-refractivity contribution in [2.24, 2.45) is 0 Å². The van der Waals surface area contributed by atoms with Gasteiger partial charge in [0.25, 0.3) is 11.8 Å². The topological polar surface area (TPSA) is 83.9 Å². The van der Waals surface area contributed by atoms with Crippen LogP contribution in [0.25, 0.3) is 11.1 Å². The van der Waals surface area contributed by atoms with Gasteiger partial charge in [-0.1, -0.05) is 36.4 Å². The molecule has 0 unspecified atom stereocenters. The Labute approximate surface area is 207 Å². The molecule has 2 heterocycles. The molecular formula is C30H21NO5. The number of phenols is 1. The average Bonchev–Trinajstić information content (AvgIpc) is 3.13. The molecule has 0 atom stereocenters. The van der Waals surface area contributed by atoms with E-state index in [1.807, 2.05) is 26.0 Å². The standard InChI is InChI=1S/C30H21NO5/c1-30(2)26-22(21-13-12-20(32)16-24(21)36-30)14-15-23-25(26)29(35)31(28(23)34)19-10-8-18(9-11-19)27(33)17-6-4-3-5-7-17/h3-16,32H,1-2H3. The second kappa shape index (κ2) is 7.65. The number of carbonyl (C=O) groups is 3. The van der Waals surface area contributed by atoms with Gasteiger partial charge in [0.15, 0.2) is 5.78 Å². The molecule has 4 aromatic rings. The van der Waals surface area contributed by atoms with Gasteiger partial charge in [0.1, 0.15) is 17.1 Å². The van der Waals surface area contributed by atoms with Crippen LogP contribution in [0.5, 0.6) is 11.5 Å². The number of benzene rings is 4. The highest BCUT2D eigenvalue weighted by atomic mass is 16.5. The Morgan fingerprint density at radius 3 is 2.14 bits per heavy atom. The van der Waals surface area contributed by atoms with E-state index in [-0.39, 0.29) is 11.5 Å². The zero-order chi connectivity index (χ0) is 25.2. The summed E-state index contributed by atoms with van der Waals surface area (Å²) in [6.45, 7) is 3.67. The molecule has 6 heteroatoms. The molecule has 6 nitrogen and oxygen atoms in total. The molecule has 0 saturated heterocycles. The van der Waals surface area contributed by atoms with Crippen molar-refractivity contribution < 1.29 is 24.2 Å². The number of rotatable bonds is 3. The number of ketones is 1. The first-order valence-electron chi connectivity index (χ1n) is 11.5. The monoisotopic (exact) mass is 475 g/mol. The second-order valence-electron chi connectivity index (χ2n) is 9.39. The third-order valence-corrected chi connectivity index (χ3v) is 6.70. The first-order chi connectivity index (χ1) is 17.3. The van der Waals surface area contributed by atoms with Crippen LogP contribution in [0, 0.1) is 0 Å². The van der Waals surface area contributed by atoms with Crippen LogP contribution in [0.4, 0.5) is 5.69 Å². The molecule has 36 heavy (non-hydrogen) atoms. The Morgan fingerprint density at radius 1 is 0.778 bits per heavy atom. The third kappa shape index (κ3) is 3.15. The van der Waals surface area contributed by atoms with Crippen molar-refractivity contribution >= 4 is 23.3 Å². The molecular weight excluding hydrogens is 454 g/mol. The molecule has 0 radical (unpaired) electrons. The molecule has 1 N–H and O–H groups in total. The SMILES string of the molecule is CC1(C)Oc2cc(O)ccc2-c2ccc3c(c21)C(=O)N(c1ccc(C(=O)c2ccccc2)cc1)C3=O. The number of nitrogens with zero attached hydrogens (tertiary/aromatic N) is 1. The number of aromatic hydroxyl groups is 1. The molecule has 0 saturated carbocycles. The fourth-order valence-corrected chi connectivity index (χ4v) is 5.07. The smallest absolute Gasteiger partial charge is 0.266 e. The maximum atomic E-state index is 13.7. The van der Waals surface area contributed by atoms with Crippen molar-refractivity contribution in [1.82, 2.24) is 0 Å². The van der Waals surface area contributed by atoms with E-state index in [2.05, 4.69) is 0 Å². The Balaban J connectivity index is 1.41. The predicted octanol–water partition coefficient (Wildman–Crippen LogP) is 5.72. The number of phenolic OH excluding ortho intramolecular Hbond substituents is 1. The van der Waals surface area contributed by atoms with Gasteiger partial charge in [-0.3, -0.25) is 14.4 Å². The van der Waals surface area contributed by atoms with Crippen LogP contribution in [0.3, 0.4) is 0 Å². The van der Waals surface area contributed by atoms with E-state index in [4.69, 9.17) is 4.74 Å². The van der Waals surface area contributed by atoms with Crippen molar-refractivity contribution in [2.45, 2.75) is 19.4 Å². The number of imide groups is 1. The second-order valence-corrected chi connectivity index (χ2v) is 9.39. The predicted molar refractivity (Wildman–Crippen MR) is 135 cm³/mol. The van der Waals surface area contributed by atoms with E-state index in [0.29, 0.717) is 39.3 Å². The highest BCUT2D eigenvalue weighted by Gasteiger charge is 2.45. The summed E-state index contributed by atoms with van der Waals surface area (Å²) in [6.07, 6.45) is 0. The Kier molecular flexibility index (Phi) is 4.63. The van der Waals surface area contributed by atoms with Crippen molar-refractivity contribution in [2.75, 3.05) is 4.90 Å². The van der Waals surface area contributed by atoms with Crippen LogP contribution >= 0.6 is 0 Å². The maximum Gasteiger partial charge on any atom is 0.266 e. The van der Waals surface area contributed by atoms with E-state index < -0.39 is 17.4 Å². The highest BCUT2D eigenvalue weighted by molar-refractivity contribution is 6.35. The fourth-order valence-electron chi connectivity index (χ4n) is 5.07. The first kappa shape index (κ1) is 21.8. The number of carbonyl (C=O) groups excluding carboxylic acids is 3. The molecule has 0 aliphatic carbocycles. The molecule has 0 spiro atoms. The lowest BCUT2D eigenvalue weighted by molar-refractivity contribution is 0.0904. The fraction of sp³-hybridized carbons (Fsp3) is 0.100. The minimum atomic E-state index is -0.917. The minimum Gasteiger partial charge on any atom is -0.508 e. The van der Waals surface area contributed by atoms with Gasteiger partial charge in [-0.25, -0.2) is 4.90 Å². The summed E-state index contributed by atoms with van der Waals surface area (Å²) in [5.74, 6) is -0.400.